The van der Waals surface area contributed by atoms with Gasteiger partial charge in [-0.1, -0.05) is 17.7 Å². The number of halogens is 1. The summed E-state index contributed by atoms with van der Waals surface area (Å²) in [5, 5.41) is 12.9. The Morgan fingerprint density at radius 2 is 2.29 bits per heavy atom. The molecule has 0 aromatic heterocycles. The van der Waals surface area contributed by atoms with Gasteiger partial charge < -0.3 is 19.9 Å². The fourth-order valence-corrected chi connectivity index (χ4v) is 1.90. The van der Waals surface area contributed by atoms with Gasteiger partial charge in [0.2, 0.25) is 0 Å². The molecule has 1 heterocycles. The largest absolute Gasteiger partial charge is 0.506 e. The monoisotopic (exact) mass is 257 g/mol. The standard InChI is InChI=1S/C12H16ClNO3/c13-11-5-9(1-2-12(11)15)6-14-7-10-8-16-3-4-17-10/h1-2,5,10,14-15H,3-4,6-8H2. The average Bonchev–Trinajstić information content (AvgIpc) is 2.35. The second-order valence-corrected chi connectivity index (χ2v) is 4.39. The number of hydrogen-bond acceptors (Lipinski definition) is 4. The van der Waals surface area contributed by atoms with E-state index in [1.807, 2.05) is 6.07 Å². The summed E-state index contributed by atoms with van der Waals surface area (Å²) in [6.45, 7) is 3.43. The van der Waals surface area contributed by atoms with Crippen LogP contribution in [0, 0.1) is 0 Å². The molecule has 2 N–H and O–H groups in total. The van der Waals surface area contributed by atoms with Crippen LogP contribution in [-0.2, 0) is 16.0 Å². The Hall–Kier alpha value is -0.810. The van der Waals surface area contributed by atoms with Crippen molar-refractivity contribution in [3.8, 4) is 5.75 Å². The summed E-state index contributed by atoms with van der Waals surface area (Å²) in [5.41, 5.74) is 1.03. The van der Waals surface area contributed by atoms with Crippen molar-refractivity contribution < 1.29 is 14.6 Å². The minimum absolute atomic E-state index is 0.111. The second kappa shape index (κ2) is 6.21. The quantitative estimate of drug-likeness (QED) is 0.859. The fraction of sp³-hybridized carbons (Fsp3) is 0.500. The van der Waals surface area contributed by atoms with E-state index in [1.165, 1.54) is 0 Å². The fourth-order valence-electron chi connectivity index (χ4n) is 1.69. The number of aromatic hydroxyl groups is 1. The highest BCUT2D eigenvalue weighted by Gasteiger charge is 2.13. The van der Waals surface area contributed by atoms with E-state index in [0.29, 0.717) is 31.4 Å². The molecule has 0 bridgehead atoms. The molecule has 0 aliphatic carbocycles. The van der Waals surface area contributed by atoms with Gasteiger partial charge in [-0.2, -0.15) is 0 Å². The Labute approximate surface area is 105 Å². The van der Waals surface area contributed by atoms with E-state index < -0.39 is 0 Å². The van der Waals surface area contributed by atoms with E-state index >= 15 is 0 Å². The molecule has 5 heteroatoms. The van der Waals surface area contributed by atoms with Crippen LogP contribution < -0.4 is 5.32 Å². The first-order chi connectivity index (χ1) is 8.25. The van der Waals surface area contributed by atoms with E-state index in [4.69, 9.17) is 21.1 Å². The molecule has 0 spiro atoms. The van der Waals surface area contributed by atoms with Crippen molar-refractivity contribution in [2.45, 2.75) is 12.6 Å². The van der Waals surface area contributed by atoms with Gasteiger partial charge in [-0.25, -0.2) is 0 Å². The number of phenols is 1. The minimum atomic E-state index is 0.111. The highest BCUT2D eigenvalue weighted by Crippen LogP contribution is 2.23. The zero-order chi connectivity index (χ0) is 12.1. The molecule has 0 amide bonds. The Bertz CT molecular complexity index is 367. The normalized spacial score (nSPS) is 20.4. The molecule has 1 fully saturated rings. The van der Waals surface area contributed by atoms with Gasteiger partial charge in [0.15, 0.2) is 0 Å². The summed E-state index contributed by atoms with van der Waals surface area (Å²) in [6, 6.07) is 5.19. The van der Waals surface area contributed by atoms with Crippen molar-refractivity contribution >= 4 is 11.6 Å². The summed E-state index contributed by atoms with van der Waals surface area (Å²) in [5.74, 6) is 0.111. The van der Waals surface area contributed by atoms with Gasteiger partial charge in [0.1, 0.15) is 5.75 Å². The Balaban J connectivity index is 1.75. The number of phenolic OH excluding ortho intramolecular Hbond substituents is 1. The van der Waals surface area contributed by atoms with E-state index in [1.54, 1.807) is 12.1 Å². The maximum absolute atomic E-state index is 9.28. The average molecular weight is 258 g/mol. The zero-order valence-electron chi connectivity index (χ0n) is 9.49. The van der Waals surface area contributed by atoms with Gasteiger partial charge in [-0.15, -0.1) is 0 Å². The molecule has 1 unspecified atom stereocenters. The molecule has 1 aliphatic rings. The maximum atomic E-state index is 9.28. The Morgan fingerprint density at radius 1 is 1.41 bits per heavy atom. The molecule has 0 radical (unpaired) electrons. The number of rotatable bonds is 4. The van der Waals surface area contributed by atoms with E-state index in [2.05, 4.69) is 5.32 Å². The summed E-state index contributed by atoms with van der Waals surface area (Å²) in [4.78, 5) is 0. The van der Waals surface area contributed by atoms with Gasteiger partial charge in [-0.3, -0.25) is 0 Å². The summed E-state index contributed by atoms with van der Waals surface area (Å²) < 4.78 is 10.8. The smallest absolute Gasteiger partial charge is 0.134 e. The van der Waals surface area contributed by atoms with Crippen LogP contribution in [0.2, 0.25) is 5.02 Å². The van der Waals surface area contributed by atoms with Crippen LogP contribution in [0.25, 0.3) is 0 Å². The van der Waals surface area contributed by atoms with Crippen molar-refractivity contribution in [2.75, 3.05) is 26.4 Å². The molecular formula is C12H16ClNO3. The molecule has 2 rings (SSSR count). The lowest BCUT2D eigenvalue weighted by Crippen LogP contribution is -2.37. The maximum Gasteiger partial charge on any atom is 0.134 e. The highest BCUT2D eigenvalue weighted by atomic mass is 35.5. The van der Waals surface area contributed by atoms with Crippen LogP contribution in [0.4, 0.5) is 0 Å². The van der Waals surface area contributed by atoms with Crippen LogP contribution in [0.3, 0.4) is 0 Å². The van der Waals surface area contributed by atoms with Gasteiger partial charge in [0.25, 0.3) is 0 Å². The summed E-state index contributed by atoms with van der Waals surface area (Å²) in [7, 11) is 0. The third-order valence-corrected chi connectivity index (χ3v) is 2.90. The van der Waals surface area contributed by atoms with Crippen molar-refractivity contribution in [2.24, 2.45) is 0 Å². The lowest BCUT2D eigenvalue weighted by Gasteiger charge is -2.23. The van der Waals surface area contributed by atoms with Crippen LogP contribution in [0.15, 0.2) is 18.2 Å². The van der Waals surface area contributed by atoms with Crippen LogP contribution in [0.5, 0.6) is 5.75 Å². The van der Waals surface area contributed by atoms with Gasteiger partial charge in [0, 0.05) is 13.1 Å². The van der Waals surface area contributed by atoms with Crippen LogP contribution in [0.1, 0.15) is 5.56 Å². The SMILES string of the molecule is Oc1ccc(CNCC2COCCO2)cc1Cl. The highest BCUT2D eigenvalue weighted by molar-refractivity contribution is 6.32. The topological polar surface area (TPSA) is 50.7 Å². The van der Waals surface area contributed by atoms with E-state index in [9.17, 15) is 5.11 Å². The van der Waals surface area contributed by atoms with Gasteiger partial charge >= 0.3 is 0 Å². The predicted molar refractivity (Wildman–Crippen MR) is 65.4 cm³/mol. The Kier molecular flexibility index (Phi) is 4.62. The second-order valence-electron chi connectivity index (χ2n) is 3.98. The molecule has 1 aromatic rings. The van der Waals surface area contributed by atoms with Crippen molar-refractivity contribution in [3.05, 3.63) is 28.8 Å². The molecule has 1 atom stereocenters. The minimum Gasteiger partial charge on any atom is -0.506 e. The van der Waals surface area contributed by atoms with Crippen molar-refractivity contribution in [1.29, 1.82) is 0 Å². The zero-order valence-corrected chi connectivity index (χ0v) is 10.2. The van der Waals surface area contributed by atoms with Crippen molar-refractivity contribution in [1.82, 2.24) is 5.32 Å². The number of benzene rings is 1. The molecule has 1 aliphatic heterocycles. The summed E-state index contributed by atoms with van der Waals surface area (Å²) >= 11 is 5.82. The molecule has 1 saturated heterocycles. The van der Waals surface area contributed by atoms with E-state index in [-0.39, 0.29) is 11.9 Å². The van der Waals surface area contributed by atoms with Gasteiger partial charge in [-0.05, 0) is 17.7 Å². The molecule has 17 heavy (non-hydrogen) atoms. The number of hydrogen-bond donors (Lipinski definition) is 2. The van der Waals surface area contributed by atoms with Crippen LogP contribution in [-0.4, -0.2) is 37.6 Å². The first kappa shape index (κ1) is 12.6. The third kappa shape index (κ3) is 3.85. The molecular weight excluding hydrogens is 242 g/mol. The van der Waals surface area contributed by atoms with Gasteiger partial charge in [0.05, 0.1) is 30.9 Å². The summed E-state index contributed by atoms with van der Waals surface area (Å²) in [6.07, 6.45) is 0.122. The lowest BCUT2D eigenvalue weighted by atomic mass is 10.2. The molecule has 1 aromatic carbocycles. The first-order valence-corrected chi connectivity index (χ1v) is 6.01. The van der Waals surface area contributed by atoms with Crippen molar-refractivity contribution in [3.63, 3.8) is 0 Å². The molecule has 94 valence electrons. The number of nitrogens with one attached hydrogen (secondary N) is 1. The molecule has 4 nitrogen and oxygen atoms in total. The molecule has 0 saturated carbocycles. The van der Waals surface area contributed by atoms with Crippen LogP contribution >= 0.6 is 11.6 Å². The lowest BCUT2D eigenvalue weighted by molar-refractivity contribution is -0.0864. The Morgan fingerprint density at radius 3 is 3.00 bits per heavy atom. The predicted octanol–water partition coefficient (Wildman–Crippen LogP) is 1.55. The first-order valence-electron chi connectivity index (χ1n) is 5.63. The third-order valence-electron chi connectivity index (χ3n) is 2.60. The van der Waals surface area contributed by atoms with E-state index in [0.717, 1.165) is 12.1 Å². The number of ether oxygens (including phenoxy) is 2.